The molecule has 0 radical (unpaired) electrons. The van der Waals surface area contributed by atoms with E-state index < -0.39 is 9.73 Å². The summed E-state index contributed by atoms with van der Waals surface area (Å²) in [7, 11) is -3.03. The molecule has 1 unspecified atom stereocenters. The maximum atomic E-state index is 12.5. The van der Waals surface area contributed by atoms with Gasteiger partial charge in [0, 0.05) is 4.47 Å². The van der Waals surface area contributed by atoms with Crippen LogP contribution in [0.3, 0.4) is 0 Å². The lowest BCUT2D eigenvalue weighted by Gasteiger charge is -2.08. The van der Waals surface area contributed by atoms with Crippen LogP contribution in [-0.2, 0) is 9.73 Å². The molecule has 0 amide bonds. The third-order valence-corrected chi connectivity index (χ3v) is 4.79. The Morgan fingerprint density at radius 1 is 1.11 bits per heavy atom. The summed E-state index contributed by atoms with van der Waals surface area (Å²) in [4.78, 5) is 0.848. The smallest absolute Gasteiger partial charge is 0.101 e. The number of benzene rings is 2. The molecule has 0 aliphatic carbocycles. The van der Waals surface area contributed by atoms with E-state index in [4.69, 9.17) is 10.0 Å². The van der Waals surface area contributed by atoms with Gasteiger partial charge in [-0.3, -0.25) is 0 Å². The lowest BCUT2D eigenvalue weighted by Crippen LogP contribution is -1.99. The molecule has 0 aromatic heterocycles. The summed E-state index contributed by atoms with van der Waals surface area (Å²) in [5.41, 5.74) is 0.489. The average molecular weight is 321 g/mol. The highest BCUT2D eigenvalue weighted by atomic mass is 79.9. The van der Waals surface area contributed by atoms with E-state index in [1.54, 1.807) is 42.5 Å². The van der Waals surface area contributed by atoms with Crippen molar-refractivity contribution in [1.29, 1.82) is 10.0 Å². The van der Waals surface area contributed by atoms with Crippen molar-refractivity contribution in [1.82, 2.24) is 0 Å². The van der Waals surface area contributed by atoms with Gasteiger partial charge in [-0.2, -0.15) is 5.26 Å². The van der Waals surface area contributed by atoms with E-state index in [9.17, 15) is 4.21 Å². The van der Waals surface area contributed by atoms with Gasteiger partial charge in [-0.25, -0.2) is 8.99 Å². The Kier molecular flexibility index (Phi) is 3.50. The molecular weight excluding hydrogens is 312 g/mol. The van der Waals surface area contributed by atoms with Crippen molar-refractivity contribution >= 4 is 25.7 Å². The average Bonchev–Trinajstić information content (AvgIpc) is 2.39. The van der Waals surface area contributed by atoms with Crippen molar-refractivity contribution in [2.45, 2.75) is 9.79 Å². The second kappa shape index (κ2) is 4.92. The number of halogens is 1. The van der Waals surface area contributed by atoms with Crippen molar-refractivity contribution in [2.24, 2.45) is 0 Å². The number of nitrogens with one attached hydrogen (secondary N) is 1. The summed E-state index contributed by atoms with van der Waals surface area (Å²) < 4.78 is 21.3. The quantitative estimate of drug-likeness (QED) is 0.914. The molecule has 18 heavy (non-hydrogen) atoms. The maximum Gasteiger partial charge on any atom is 0.101 e. The van der Waals surface area contributed by atoms with Crippen molar-refractivity contribution < 1.29 is 4.21 Å². The van der Waals surface area contributed by atoms with Crippen LogP contribution in [0.25, 0.3) is 0 Å². The van der Waals surface area contributed by atoms with E-state index in [0.29, 0.717) is 15.4 Å². The first-order valence-electron chi connectivity index (χ1n) is 5.08. The number of rotatable bonds is 2. The van der Waals surface area contributed by atoms with Crippen LogP contribution in [0.5, 0.6) is 0 Å². The highest BCUT2D eigenvalue weighted by Crippen LogP contribution is 2.24. The molecule has 0 saturated carbocycles. The zero-order valence-corrected chi connectivity index (χ0v) is 11.7. The number of nitrogens with zero attached hydrogens (tertiary/aromatic N) is 1. The summed E-state index contributed by atoms with van der Waals surface area (Å²) in [6.45, 7) is 0. The Bertz CT molecular complexity index is 715. The maximum absolute atomic E-state index is 12.5. The molecule has 2 rings (SSSR count). The van der Waals surface area contributed by atoms with Gasteiger partial charge in [0.15, 0.2) is 0 Å². The molecule has 2 aromatic rings. The van der Waals surface area contributed by atoms with Crippen molar-refractivity contribution in [2.75, 3.05) is 0 Å². The molecule has 0 aliphatic rings. The summed E-state index contributed by atoms with van der Waals surface area (Å²) >= 11 is 3.30. The SMILES string of the molecule is N#Cc1ccc(S(=N)(=O)c2cccc(Br)c2)cc1. The van der Waals surface area contributed by atoms with Gasteiger partial charge in [-0.05, 0) is 42.5 Å². The van der Waals surface area contributed by atoms with E-state index in [-0.39, 0.29) is 0 Å². The predicted octanol–water partition coefficient (Wildman–Crippen LogP) is 3.79. The zero-order chi connectivity index (χ0) is 13.2. The topological polar surface area (TPSA) is 64.7 Å². The Hall–Kier alpha value is -1.64. The van der Waals surface area contributed by atoms with Crippen molar-refractivity contribution in [3.8, 4) is 6.07 Å². The lowest BCUT2D eigenvalue weighted by molar-refractivity contribution is 0.674. The Morgan fingerprint density at radius 2 is 1.78 bits per heavy atom. The molecule has 1 atom stereocenters. The second-order valence-corrected chi connectivity index (χ2v) is 6.62. The van der Waals surface area contributed by atoms with E-state index >= 15 is 0 Å². The van der Waals surface area contributed by atoms with Gasteiger partial charge in [0.25, 0.3) is 0 Å². The number of hydrogen-bond donors (Lipinski definition) is 1. The third-order valence-electron chi connectivity index (χ3n) is 2.44. The fraction of sp³-hybridized carbons (Fsp3) is 0. The van der Waals surface area contributed by atoms with Crippen LogP contribution in [0.1, 0.15) is 5.56 Å². The largest absolute Gasteiger partial charge is 0.245 e. The minimum Gasteiger partial charge on any atom is -0.245 e. The van der Waals surface area contributed by atoms with Crippen LogP contribution in [0, 0.1) is 16.1 Å². The first kappa shape index (κ1) is 12.8. The molecule has 0 fully saturated rings. The Labute approximate surface area is 114 Å². The number of nitriles is 1. The minimum absolute atomic E-state index is 0.402. The molecule has 0 bridgehead atoms. The highest BCUT2D eigenvalue weighted by Gasteiger charge is 2.13. The molecule has 2 aromatic carbocycles. The van der Waals surface area contributed by atoms with Crippen molar-refractivity contribution in [3.05, 3.63) is 58.6 Å². The fourth-order valence-corrected chi connectivity index (χ4v) is 3.41. The molecule has 3 nitrogen and oxygen atoms in total. The van der Waals surface area contributed by atoms with Crippen LogP contribution in [0.2, 0.25) is 0 Å². The molecule has 0 aliphatic heterocycles. The first-order chi connectivity index (χ1) is 8.54. The van der Waals surface area contributed by atoms with Crippen molar-refractivity contribution in [3.63, 3.8) is 0 Å². The molecule has 5 heteroatoms. The minimum atomic E-state index is -3.03. The zero-order valence-electron chi connectivity index (χ0n) is 9.26. The van der Waals surface area contributed by atoms with Gasteiger partial charge in [0.2, 0.25) is 0 Å². The predicted molar refractivity (Wildman–Crippen MR) is 72.7 cm³/mol. The third kappa shape index (κ3) is 2.45. The molecular formula is C13H9BrN2OS. The molecule has 0 spiro atoms. The molecule has 90 valence electrons. The van der Waals surface area contributed by atoms with Gasteiger partial charge < -0.3 is 0 Å². The van der Waals surface area contributed by atoms with Crippen LogP contribution in [0.4, 0.5) is 0 Å². The highest BCUT2D eigenvalue weighted by molar-refractivity contribution is 9.10. The van der Waals surface area contributed by atoms with Crippen LogP contribution >= 0.6 is 15.9 Å². The van der Waals surface area contributed by atoms with Crippen LogP contribution in [0.15, 0.2) is 62.8 Å². The summed E-state index contributed by atoms with van der Waals surface area (Å²) in [5.74, 6) is 0. The van der Waals surface area contributed by atoms with E-state index in [1.165, 1.54) is 0 Å². The van der Waals surface area contributed by atoms with Gasteiger partial charge in [0.05, 0.1) is 21.4 Å². The summed E-state index contributed by atoms with van der Waals surface area (Å²) in [6, 6.07) is 15.2. The fourth-order valence-electron chi connectivity index (χ4n) is 1.50. The summed E-state index contributed by atoms with van der Waals surface area (Å²) in [5, 5.41) is 8.71. The van der Waals surface area contributed by atoms with Gasteiger partial charge >= 0.3 is 0 Å². The first-order valence-corrected chi connectivity index (χ1v) is 7.44. The molecule has 0 heterocycles. The van der Waals surface area contributed by atoms with E-state index in [2.05, 4.69) is 15.9 Å². The lowest BCUT2D eigenvalue weighted by atomic mass is 10.2. The van der Waals surface area contributed by atoms with Gasteiger partial charge in [-0.1, -0.05) is 22.0 Å². The monoisotopic (exact) mass is 320 g/mol. The van der Waals surface area contributed by atoms with Crippen LogP contribution < -0.4 is 0 Å². The van der Waals surface area contributed by atoms with Crippen LogP contribution in [-0.4, -0.2) is 4.21 Å². The van der Waals surface area contributed by atoms with E-state index in [0.717, 1.165) is 4.47 Å². The van der Waals surface area contributed by atoms with Gasteiger partial charge in [-0.15, -0.1) is 0 Å². The molecule has 0 saturated heterocycles. The Morgan fingerprint density at radius 3 is 2.33 bits per heavy atom. The normalized spacial score (nSPS) is 13.6. The molecule has 1 N–H and O–H groups in total. The van der Waals surface area contributed by atoms with E-state index in [1.807, 2.05) is 12.1 Å². The summed E-state index contributed by atoms with van der Waals surface area (Å²) in [6.07, 6.45) is 0. The second-order valence-electron chi connectivity index (χ2n) is 3.65. The number of hydrogen-bond acceptors (Lipinski definition) is 3. The standard InChI is InChI=1S/C13H9BrN2OS/c14-11-2-1-3-13(8-11)18(16,17)12-6-4-10(9-15)5-7-12/h1-8,16H. The Balaban J connectivity index is 2.51. The van der Waals surface area contributed by atoms with Gasteiger partial charge in [0.1, 0.15) is 9.73 Å².